The summed E-state index contributed by atoms with van der Waals surface area (Å²) in [6.45, 7) is 5.71. The molecule has 1 aromatic rings. The molecule has 19 heavy (non-hydrogen) atoms. The molecule has 0 aromatic heterocycles. The number of hydrogen-bond acceptors (Lipinski definition) is 4. The van der Waals surface area contributed by atoms with E-state index in [1.165, 1.54) is 0 Å². The van der Waals surface area contributed by atoms with Crippen LogP contribution in [0.15, 0.2) is 24.3 Å². The molecule has 0 radical (unpaired) electrons. The first kappa shape index (κ1) is 15.1. The Hall–Kier alpha value is -1.92. The Bertz CT molecular complexity index is 445. The SMILES string of the molecule is CC.Cc1ccc(C2NON(CC(N)=O)C2=O)cc1. The molecule has 0 bridgehead atoms. The van der Waals surface area contributed by atoms with Crippen molar-refractivity contribution in [3.05, 3.63) is 35.4 Å². The van der Waals surface area contributed by atoms with Crippen molar-refractivity contribution in [1.82, 2.24) is 10.5 Å². The molecule has 104 valence electrons. The molecule has 2 rings (SSSR count). The van der Waals surface area contributed by atoms with E-state index < -0.39 is 11.9 Å². The highest BCUT2D eigenvalue weighted by molar-refractivity contribution is 5.87. The zero-order valence-electron chi connectivity index (χ0n) is 11.3. The molecule has 1 unspecified atom stereocenters. The Kier molecular flexibility index (Phi) is 5.47. The van der Waals surface area contributed by atoms with E-state index in [4.69, 9.17) is 10.7 Å². The van der Waals surface area contributed by atoms with Crippen LogP contribution in [0, 0.1) is 6.92 Å². The van der Waals surface area contributed by atoms with Crippen LogP contribution in [0.2, 0.25) is 0 Å². The van der Waals surface area contributed by atoms with Gasteiger partial charge >= 0.3 is 0 Å². The fraction of sp³-hybridized carbons (Fsp3) is 0.385. The van der Waals surface area contributed by atoms with Crippen LogP contribution in [0.5, 0.6) is 0 Å². The number of nitrogens with zero attached hydrogens (tertiary/aromatic N) is 1. The van der Waals surface area contributed by atoms with Crippen molar-refractivity contribution < 1.29 is 14.5 Å². The second kappa shape index (κ2) is 6.86. The van der Waals surface area contributed by atoms with Crippen molar-refractivity contribution in [2.45, 2.75) is 26.8 Å². The van der Waals surface area contributed by atoms with Gasteiger partial charge in [-0.2, -0.15) is 15.5 Å². The topological polar surface area (TPSA) is 84.7 Å². The predicted molar refractivity (Wildman–Crippen MR) is 70.4 cm³/mol. The Balaban J connectivity index is 0.000000861. The molecule has 1 aliphatic rings. The molecule has 6 nitrogen and oxygen atoms in total. The van der Waals surface area contributed by atoms with E-state index in [1.54, 1.807) is 0 Å². The summed E-state index contributed by atoms with van der Waals surface area (Å²) in [6, 6.07) is 6.89. The van der Waals surface area contributed by atoms with Gasteiger partial charge in [-0.15, -0.1) is 0 Å². The van der Waals surface area contributed by atoms with E-state index in [9.17, 15) is 9.59 Å². The fourth-order valence-electron chi connectivity index (χ4n) is 1.58. The number of benzene rings is 1. The molecular weight excluding hydrogens is 246 g/mol. The average Bonchev–Trinajstić information content (AvgIpc) is 2.74. The van der Waals surface area contributed by atoms with Crippen LogP contribution in [0.1, 0.15) is 31.0 Å². The fourth-order valence-corrected chi connectivity index (χ4v) is 1.58. The maximum Gasteiger partial charge on any atom is 0.272 e. The smallest absolute Gasteiger partial charge is 0.272 e. The Morgan fingerprint density at radius 1 is 1.37 bits per heavy atom. The van der Waals surface area contributed by atoms with Crippen molar-refractivity contribution in [2.24, 2.45) is 5.73 Å². The van der Waals surface area contributed by atoms with Crippen LogP contribution in [0.4, 0.5) is 0 Å². The molecule has 0 aliphatic carbocycles. The number of amides is 2. The van der Waals surface area contributed by atoms with Gasteiger partial charge in [-0.3, -0.25) is 9.59 Å². The molecule has 3 N–H and O–H groups in total. The van der Waals surface area contributed by atoms with Gasteiger partial charge in [0.05, 0.1) is 0 Å². The van der Waals surface area contributed by atoms with E-state index in [1.807, 2.05) is 45.0 Å². The van der Waals surface area contributed by atoms with Crippen molar-refractivity contribution >= 4 is 11.8 Å². The van der Waals surface area contributed by atoms with Gasteiger partial charge in [0.1, 0.15) is 12.6 Å². The van der Waals surface area contributed by atoms with Gasteiger partial charge in [-0.05, 0) is 12.5 Å². The van der Waals surface area contributed by atoms with Crippen molar-refractivity contribution in [1.29, 1.82) is 0 Å². The van der Waals surface area contributed by atoms with Crippen molar-refractivity contribution in [3.63, 3.8) is 0 Å². The van der Waals surface area contributed by atoms with Crippen molar-refractivity contribution in [2.75, 3.05) is 6.54 Å². The normalized spacial score (nSPS) is 17.9. The summed E-state index contributed by atoms with van der Waals surface area (Å²) in [5.41, 5.74) is 9.45. The minimum absolute atomic E-state index is 0.256. The first-order valence-corrected chi connectivity index (χ1v) is 6.16. The summed E-state index contributed by atoms with van der Waals surface area (Å²) in [5, 5.41) is 0.923. The summed E-state index contributed by atoms with van der Waals surface area (Å²) < 4.78 is 0. The number of hydroxylamine groups is 3. The van der Waals surface area contributed by atoms with E-state index in [-0.39, 0.29) is 12.5 Å². The Morgan fingerprint density at radius 2 is 1.95 bits per heavy atom. The monoisotopic (exact) mass is 265 g/mol. The lowest BCUT2D eigenvalue weighted by atomic mass is 10.1. The molecule has 1 aromatic carbocycles. The zero-order valence-corrected chi connectivity index (χ0v) is 11.3. The molecule has 1 fully saturated rings. The number of nitrogens with two attached hydrogens (primary N) is 1. The average molecular weight is 265 g/mol. The standard InChI is InChI=1S/C11H13N3O3.C2H6/c1-7-2-4-8(5-3-7)10-11(16)14(17-13-10)6-9(12)15;1-2/h2-5,10,13H,6H2,1H3,(H2,12,15);1-2H3. The highest BCUT2D eigenvalue weighted by atomic mass is 16.8. The van der Waals surface area contributed by atoms with Gasteiger partial charge in [0.25, 0.3) is 5.91 Å². The number of carbonyl (C=O) groups excluding carboxylic acids is 2. The Morgan fingerprint density at radius 3 is 2.47 bits per heavy atom. The molecule has 2 amide bonds. The summed E-state index contributed by atoms with van der Waals surface area (Å²) in [5.74, 6) is -0.947. The molecule has 1 aliphatic heterocycles. The molecule has 1 atom stereocenters. The second-order valence-electron chi connectivity index (χ2n) is 3.89. The Labute approximate surface area is 112 Å². The number of rotatable bonds is 3. The largest absolute Gasteiger partial charge is 0.368 e. The van der Waals surface area contributed by atoms with Gasteiger partial charge in [-0.25, -0.2) is 0 Å². The van der Waals surface area contributed by atoms with Gasteiger partial charge in [0.2, 0.25) is 5.91 Å². The van der Waals surface area contributed by atoms with Gasteiger partial charge in [-0.1, -0.05) is 43.7 Å². The quantitative estimate of drug-likeness (QED) is 0.847. The number of carbonyl (C=O) groups is 2. The molecule has 1 heterocycles. The van der Waals surface area contributed by atoms with Crippen LogP contribution >= 0.6 is 0 Å². The van der Waals surface area contributed by atoms with Crippen LogP contribution < -0.4 is 11.2 Å². The van der Waals surface area contributed by atoms with E-state index in [0.717, 1.165) is 16.2 Å². The molecule has 0 saturated carbocycles. The maximum absolute atomic E-state index is 11.9. The minimum Gasteiger partial charge on any atom is -0.368 e. The second-order valence-corrected chi connectivity index (χ2v) is 3.89. The number of primary amides is 1. The van der Waals surface area contributed by atoms with Crippen LogP contribution in [0.3, 0.4) is 0 Å². The third-order valence-electron chi connectivity index (χ3n) is 2.48. The van der Waals surface area contributed by atoms with E-state index in [2.05, 4.69) is 5.48 Å². The summed E-state index contributed by atoms with van der Waals surface area (Å²) in [4.78, 5) is 27.5. The number of aryl methyl sites for hydroxylation is 1. The van der Waals surface area contributed by atoms with Crippen molar-refractivity contribution in [3.8, 4) is 0 Å². The summed E-state index contributed by atoms with van der Waals surface area (Å²) in [7, 11) is 0. The third kappa shape index (κ3) is 3.77. The predicted octanol–water partition coefficient (Wildman–Crippen LogP) is 0.826. The lowest BCUT2D eigenvalue weighted by molar-refractivity contribution is -0.180. The minimum atomic E-state index is -0.621. The third-order valence-corrected chi connectivity index (χ3v) is 2.48. The summed E-state index contributed by atoms with van der Waals surface area (Å²) >= 11 is 0. The van der Waals surface area contributed by atoms with Crippen LogP contribution in [-0.2, 0) is 14.5 Å². The van der Waals surface area contributed by atoms with Crippen LogP contribution in [-0.4, -0.2) is 23.4 Å². The highest BCUT2D eigenvalue weighted by Gasteiger charge is 2.34. The number of hydrogen-bond donors (Lipinski definition) is 2. The first-order chi connectivity index (χ1) is 9.08. The first-order valence-electron chi connectivity index (χ1n) is 6.16. The van der Waals surface area contributed by atoms with Crippen LogP contribution in [0.25, 0.3) is 0 Å². The summed E-state index contributed by atoms with van der Waals surface area (Å²) in [6.07, 6.45) is 0. The van der Waals surface area contributed by atoms with Gasteiger partial charge in [0, 0.05) is 0 Å². The lowest BCUT2D eigenvalue weighted by Crippen LogP contribution is -2.34. The zero-order chi connectivity index (χ0) is 14.4. The number of nitrogens with one attached hydrogen (secondary N) is 1. The van der Waals surface area contributed by atoms with Gasteiger partial charge < -0.3 is 5.73 Å². The maximum atomic E-state index is 11.9. The molecule has 6 heteroatoms. The van der Waals surface area contributed by atoms with Gasteiger partial charge in [0.15, 0.2) is 0 Å². The van der Waals surface area contributed by atoms with E-state index >= 15 is 0 Å². The molecule has 1 saturated heterocycles. The lowest BCUT2D eigenvalue weighted by Gasteiger charge is -2.09. The highest BCUT2D eigenvalue weighted by Crippen LogP contribution is 2.21. The molecular formula is C13H19N3O3. The van der Waals surface area contributed by atoms with E-state index in [0.29, 0.717) is 0 Å². The molecule has 0 spiro atoms.